The van der Waals surface area contributed by atoms with Gasteiger partial charge in [-0.1, -0.05) is 76.1 Å². The summed E-state index contributed by atoms with van der Waals surface area (Å²) < 4.78 is 6.67. The molecule has 6 rings (SSSR count). The van der Waals surface area contributed by atoms with Gasteiger partial charge in [0.1, 0.15) is 10.9 Å². The van der Waals surface area contributed by atoms with E-state index in [4.69, 9.17) is 21.3 Å². The molecule has 2 heterocycles. The van der Waals surface area contributed by atoms with Crippen molar-refractivity contribution >= 4 is 61.5 Å². The number of hydrogen-bond acceptors (Lipinski definition) is 5. The van der Waals surface area contributed by atoms with E-state index in [0.29, 0.717) is 16.5 Å². The fourth-order valence-electron chi connectivity index (χ4n) is 4.48. The van der Waals surface area contributed by atoms with Crippen molar-refractivity contribution in [1.29, 1.82) is 0 Å². The van der Waals surface area contributed by atoms with Crippen LogP contribution in [0.25, 0.3) is 44.2 Å². The molecule has 6 aromatic rings. The Morgan fingerprint density at radius 3 is 2.46 bits per heavy atom. The van der Waals surface area contributed by atoms with Gasteiger partial charge in [-0.05, 0) is 71.8 Å². The number of hydrazone groups is 1. The number of hydrogen-bond donors (Lipinski definition) is 1. The minimum Gasteiger partial charge on any atom is -0.484 e. The summed E-state index contributed by atoms with van der Waals surface area (Å²) in [6.45, 7) is -0.193. The summed E-state index contributed by atoms with van der Waals surface area (Å²) in [5.74, 6) is 0.160. The van der Waals surface area contributed by atoms with Crippen LogP contribution in [0.2, 0.25) is 5.15 Å². The molecule has 6 nitrogen and oxygen atoms in total. The van der Waals surface area contributed by atoms with Crippen LogP contribution in [0.5, 0.6) is 5.75 Å². The van der Waals surface area contributed by atoms with E-state index in [-0.39, 0.29) is 6.61 Å². The van der Waals surface area contributed by atoms with Gasteiger partial charge < -0.3 is 4.74 Å². The summed E-state index contributed by atoms with van der Waals surface area (Å²) in [4.78, 5) is 21.6. The van der Waals surface area contributed by atoms with Crippen LogP contribution in [0, 0.1) is 0 Å². The molecule has 0 aliphatic carbocycles. The van der Waals surface area contributed by atoms with Gasteiger partial charge in [-0.2, -0.15) is 5.10 Å². The van der Waals surface area contributed by atoms with Crippen molar-refractivity contribution in [2.24, 2.45) is 5.10 Å². The minimum absolute atomic E-state index is 0.193. The molecule has 0 saturated carbocycles. The number of ether oxygens (including phenoxy) is 1. The number of para-hydroxylation sites is 1. The first-order chi connectivity index (χ1) is 20.0. The number of fused-ring (bicyclic) bond motifs is 2. The topological polar surface area (TPSA) is 76.5 Å². The highest BCUT2D eigenvalue weighted by Gasteiger charge is 2.11. The lowest BCUT2D eigenvalue weighted by Gasteiger charge is -2.11. The third kappa shape index (κ3) is 6.11. The fraction of sp³-hybridized carbons (Fsp3) is 0.0303. The van der Waals surface area contributed by atoms with Gasteiger partial charge in [-0.25, -0.2) is 15.4 Å². The maximum atomic E-state index is 12.3. The van der Waals surface area contributed by atoms with E-state index in [1.165, 1.54) is 6.21 Å². The van der Waals surface area contributed by atoms with Crippen molar-refractivity contribution in [2.75, 3.05) is 6.61 Å². The molecule has 2 aromatic heterocycles. The van der Waals surface area contributed by atoms with Crippen molar-refractivity contribution in [2.45, 2.75) is 0 Å². The lowest BCUT2D eigenvalue weighted by molar-refractivity contribution is -0.123. The highest BCUT2D eigenvalue weighted by molar-refractivity contribution is 9.10. The third-order valence-corrected chi connectivity index (χ3v) is 7.27. The Labute approximate surface area is 249 Å². The van der Waals surface area contributed by atoms with Crippen LogP contribution in [-0.2, 0) is 4.79 Å². The second-order valence-corrected chi connectivity index (χ2v) is 10.5. The second kappa shape index (κ2) is 11.9. The van der Waals surface area contributed by atoms with Crippen molar-refractivity contribution in [3.8, 4) is 28.1 Å². The van der Waals surface area contributed by atoms with Crippen LogP contribution < -0.4 is 10.2 Å². The molecule has 8 heteroatoms. The molecule has 0 fully saturated rings. The van der Waals surface area contributed by atoms with Crippen LogP contribution in [0.3, 0.4) is 0 Å². The first kappa shape index (κ1) is 26.6. The number of carbonyl (C=O) groups is 1. The first-order valence-electron chi connectivity index (χ1n) is 12.8. The van der Waals surface area contributed by atoms with Gasteiger partial charge in [-0.3, -0.25) is 4.79 Å². The zero-order chi connectivity index (χ0) is 28.2. The highest BCUT2D eigenvalue weighted by Crippen LogP contribution is 2.34. The van der Waals surface area contributed by atoms with E-state index in [9.17, 15) is 4.79 Å². The zero-order valence-electron chi connectivity index (χ0n) is 21.6. The van der Waals surface area contributed by atoms with E-state index in [1.807, 2.05) is 84.9 Å². The van der Waals surface area contributed by atoms with Gasteiger partial charge in [-0.15, -0.1) is 0 Å². The lowest BCUT2D eigenvalue weighted by Crippen LogP contribution is -2.24. The summed E-state index contributed by atoms with van der Waals surface area (Å²) in [7, 11) is 0. The normalized spacial score (nSPS) is 11.3. The Morgan fingerprint density at radius 2 is 1.63 bits per heavy atom. The molecule has 0 radical (unpaired) electrons. The molecule has 0 aliphatic heterocycles. The number of amides is 1. The van der Waals surface area contributed by atoms with Crippen LogP contribution in [-0.4, -0.2) is 28.7 Å². The first-order valence-corrected chi connectivity index (χ1v) is 14.0. The molecule has 0 spiro atoms. The molecule has 1 N–H and O–H groups in total. The molecule has 4 aromatic carbocycles. The van der Waals surface area contributed by atoms with Crippen LogP contribution in [0.15, 0.2) is 119 Å². The average molecular weight is 622 g/mol. The Morgan fingerprint density at radius 1 is 0.854 bits per heavy atom. The molecule has 0 saturated heterocycles. The van der Waals surface area contributed by atoms with E-state index >= 15 is 0 Å². The van der Waals surface area contributed by atoms with Crippen molar-refractivity contribution in [3.05, 3.63) is 124 Å². The molecular weight excluding hydrogens is 600 g/mol. The number of halogens is 2. The zero-order valence-corrected chi connectivity index (χ0v) is 23.9. The summed E-state index contributed by atoms with van der Waals surface area (Å²) in [6.07, 6.45) is 1.47. The van der Waals surface area contributed by atoms with E-state index in [2.05, 4.69) is 55.7 Å². The summed E-state index contributed by atoms with van der Waals surface area (Å²) in [5.41, 5.74) is 8.77. The standard InChI is InChI=1S/C33H22BrClN4O2/c34-25-12-15-30-28(17-25)27(21-6-2-1-3-7-21)18-31(37-30)22-10-13-26(14-11-22)41-20-32(40)39-36-19-24-16-23-8-4-5-9-29(23)38-33(24)35/h1-19H,20H2,(H,39,40)/b36-19-. The monoisotopic (exact) mass is 620 g/mol. The molecule has 0 aliphatic rings. The molecule has 0 atom stereocenters. The number of carbonyl (C=O) groups excluding carboxylic acids is 1. The Balaban J connectivity index is 1.13. The molecule has 0 bridgehead atoms. The largest absolute Gasteiger partial charge is 0.484 e. The maximum absolute atomic E-state index is 12.3. The van der Waals surface area contributed by atoms with E-state index < -0.39 is 5.91 Å². The maximum Gasteiger partial charge on any atom is 0.277 e. The number of pyridine rings is 2. The van der Waals surface area contributed by atoms with Crippen molar-refractivity contribution < 1.29 is 9.53 Å². The van der Waals surface area contributed by atoms with Gasteiger partial charge in [0.2, 0.25) is 0 Å². The fourth-order valence-corrected chi connectivity index (χ4v) is 5.03. The molecule has 0 unspecified atom stereocenters. The van der Waals surface area contributed by atoms with Crippen LogP contribution >= 0.6 is 27.5 Å². The van der Waals surface area contributed by atoms with Crippen LogP contribution in [0.1, 0.15) is 5.56 Å². The summed E-state index contributed by atoms with van der Waals surface area (Å²) in [6, 6.07) is 35.5. The molecule has 41 heavy (non-hydrogen) atoms. The number of aromatic nitrogens is 2. The van der Waals surface area contributed by atoms with Gasteiger partial charge >= 0.3 is 0 Å². The predicted molar refractivity (Wildman–Crippen MR) is 168 cm³/mol. The number of benzene rings is 4. The predicted octanol–water partition coefficient (Wildman–Crippen LogP) is 8.06. The second-order valence-electron chi connectivity index (χ2n) is 9.25. The van der Waals surface area contributed by atoms with Crippen LogP contribution in [0.4, 0.5) is 0 Å². The van der Waals surface area contributed by atoms with Crippen molar-refractivity contribution in [1.82, 2.24) is 15.4 Å². The summed E-state index contributed by atoms with van der Waals surface area (Å²) >= 11 is 9.83. The van der Waals surface area contributed by atoms with E-state index in [1.54, 1.807) is 0 Å². The quantitative estimate of drug-likeness (QED) is 0.111. The smallest absolute Gasteiger partial charge is 0.277 e. The Bertz CT molecular complexity index is 1910. The number of nitrogens with zero attached hydrogens (tertiary/aromatic N) is 3. The molecule has 200 valence electrons. The minimum atomic E-state index is -0.398. The Kier molecular flexibility index (Phi) is 7.71. The number of rotatable bonds is 7. The molecule has 1 amide bonds. The van der Waals surface area contributed by atoms with E-state index in [0.717, 1.165) is 48.7 Å². The van der Waals surface area contributed by atoms with Gasteiger partial charge in [0.05, 0.1) is 22.9 Å². The Hall–Kier alpha value is -4.59. The number of nitrogens with one attached hydrogen (secondary N) is 1. The average Bonchev–Trinajstić information content (AvgIpc) is 3.00. The van der Waals surface area contributed by atoms with Gasteiger partial charge in [0.15, 0.2) is 6.61 Å². The molecular formula is C33H22BrClN4O2. The SMILES string of the molecule is O=C(COc1ccc(-c2cc(-c3ccccc3)c3cc(Br)ccc3n2)cc1)N/N=C\c1cc2ccccc2nc1Cl. The van der Waals surface area contributed by atoms with Crippen molar-refractivity contribution in [3.63, 3.8) is 0 Å². The van der Waals surface area contributed by atoms with Gasteiger partial charge in [0.25, 0.3) is 5.91 Å². The van der Waals surface area contributed by atoms with Gasteiger partial charge in [0, 0.05) is 26.4 Å². The third-order valence-electron chi connectivity index (χ3n) is 6.47. The highest BCUT2D eigenvalue weighted by atomic mass is 79.9. The lowest BCUT2D eigenvalue weighted by atomic mass is 9.98. The summed E-state index contributed by atoms with van der Waals surface area (Å²) in [5, 5.41) is 6.31.